The zero-order valence-electron chi connectivity index (χ0n) is 9.72. The SMILES string of the molecule is CN(Cc1ccnc(N)c1)CC1CCCO1. The van der Waals surface area contributed by atoms with E-state index < -0.39 is 0 Å². The molecule has 88 valence electrons. The molecule has 1 unspecified atom stereocenters. The molecule has 1 aromatic rings. The van der Waals surface area contributed by atoms with Crippen LogP contribution in [0.25, 0.3) is 0 Å². The number of hydrogen-bond donors (Lipinski definition) is 1. The quantitative estimate of drug-likeness (QED) is 0.832. The summed E-state index contributed by atoms with van der Waals surface area (Å²) in [6.07, 6.45) is 4.54. The van der Waals surface area contributed by atoms with E-state index in [0.29, 0.717) is 11.9 Å². The van der Waals surface area contributed by atoms with Crippen molar-refractivity contribution in [1.29, 1.82) is 0 Å². The smallest absolute Gasteiger partial charge is 0.123 e. The molecule has 1 fully saturated rings. The van der Waals surface area contributed by atoms with Gasteiger partial charge in [0.15, 0.2) is 0 Å². The van der Waals surface area contributed by atoms with Crippen LogP contribution in [-0.2, 0) is 11.3 Å². The molecule has 0 spiro atoms. The topological polar surface area (TPSA) is 51.4 Å². The molecule has 2 N–H and O–H groups in total. The van der Waals surface area contributed by atoms with E-state index in [1.54, 1.807) is 6.20 Å². The number of pyridine rings is 1. The highest BCUT2D eigenvalue weighted by molar-refractivity contribution is 5.31. The van der Waals surface area contributed by atoms with Crippen molar-refractivity contribution >= 4 is 5.82 Å². The molecular weight excluding hydrogens is 202 g/mol. The minimum absolute atomic E-state index is 0.407. The summed E-state index contributed by atoms with van der Waals surface area (Å²) in [7, 11) is 2.11. The monoisotopic (exact) mass is 221 g/mol. The number of rotatable bonds is 4. The zero-order chi connectivity index (χ0) is 11.4. The summed E-state index contributed by atoms with van der Waals surface area (Å²) < 4.78 is 5.61. The second-order valence-corrected chi connectivity index (χ2v) is 4.42. The summed E-state index contributed by atoms with van der Waals surface area (Å²) in [5.74, 6) is 0.586. The van der Waals surface area contributed by atoms with E-state index in [1.807, 2.05) is 12.1 Å². The zero-order valence-corrected chi connectivity index (χ0v) is 9.72. The van der Waals surface area contributed by atoms with Gasteiger partial charge >= 0.3 is 0 Å². The third-order valence-electron chi connectivity index (χ3n) is 2.84. The average Bonchev–Trinajstić information content (AvgIpc) is 2.70. The van der Waals surface area contributed by atoms with Crippen LogP contribution >= 0.6 is 0 Å². The van der Waals surface area contributed by atoms with Gasteiger partial charge in [-0.05, 0) is 37.6 Å². The Kier molecular flexibility index (Phi) is 3.74. The van der Waals surface area contributed by atoms with Gasteiger partial charge in [-0.25, -0.2) is 4.98 Å². The maximum Gasteiger partial charge on any atom is 0.123 e. The highest BCUT2D eigenvalue weighted by Crippen LogP contribution is 2.14. The Morgan fingerprint density at radius 2 is 2.50 bits per heavy atom. The van der Waals surface area contributed by atoms with Gasteiger partial charge in [0.05, 0.1) is 6.10 Å². The molecule has 1 aliphatic rings. The number of nitrogens with two attached hydrogens (primary N) is 1. The Bertz CT molecular complexity index is 337. The molecule has 0 aromatic carbocycles. The predicted octanol–water partition coefficient (Wildman–Crippen LogP) is 1.27. The lowest BCUT2D eigenvalue weighted by Gasteiger charge is -2.20. The standard InChI is InChI=1S/C12H19N3O/c1-15(9-11-3-2-6-16-11)8-10-4-5-14-12(13)7-10/h4-5,7,11H,2-3,6,8-9H2,1H3,(H2,13,14). The number of likely N-dealkylation sites (N-methyl/N-ethyl adjacent to an activating group) is 1. The van der Waals surface area contributed by atoms with Crippen molar-refractivity contribution in [2.24, 2.45) is 0 Å². The van der Waals surface area contributed by atoms with Gasteiger partial charge < -0.3 is 10.5 Å². The maximum atomic E-state index is 5.64. The van der Waals surface area contributed by atoms with E-state index in [1.165, 1.54) is 18.4 Å². The van der Waals surface area contributed by atoms with E-state index in [0.717, 1.165) is 19.7 Å². The first kappa shape index (κ1) is 11.4. The highest BCUT2D eigenvalue weighted by Gasteiger charge is 2.17. The lowest BCUT2D eigenvalue weighted by molar-refractivity contribution is 0.0793. The van der Waals surface area contributed by atoms with E-state index in [9.17, 15) is 0 Å². The van der Waals surface area contributed by atoms with Crippen molar-refractivity contribution in [2.75, 3.05) is 25.9 Å². The molecule has 1 saturated heterocycles. The molecule has 0 saturated carbocycles. The first-order valence-corrected chi connectivity index (χ1v) is 5.74. The Morgan fingerprint density at radius 1 is 1.62 bits per heavy atom. The summed E-state index contributed by atoms with van der Waals surface area (Å²) in [5, 5.41) is 0. The Hall–Kier alpha value is -1.13. The van der Waals surface area contributed by atoms with Crippen LogP contribution in [0.15, 0.2) is 18.3 Å². The Labute approximate surface area is 96.4 Å². The molecule has 2 heterocycles. The third kappa shape index (κ3) is 3.18. The fourth-order valence-corrected chi connectivity index (χ4v) is 2.10. The number of nitrogen functional groups attached to an aromatic ring is 1. The van der Waals surface area contributed by atoms with Crippen LogP contribution < -0.4 is 5.73 Å². The van der Waals surface area contributed by atoms with E-state index in [4.69, 9.17) is 10.5 Å². The highest BCUT2D eigenvalue weighted by atomic mass is 16.5. The van der Waals surface area contributed by atoms with E-state index in [2.05, 4.69) is 16.9 Å². The fraction of sp³-hybridized carbons (Fsp3) is 0.583. The van der Waals surface area contributed by atoms with Crippen LogP contribution in [0.3, 0.4) is 0 Å². The lowest BCUT2D eigenvalue weighted by atomic mass is 10.2. The molecule has 4 nitrogen and oxygen atoms in total. The van der Waals surface area contributed by atoms with Crippen molar-refractivity contribution in [3.8, 4) is 0 Å². The predicted molar refractivity (Wildman–Crippen MR) is 64.0 cm³/mol. The minimum atomic E-state index is 0.407. The molecule has 0 radical (unpaired) electrons. The van der Waals surface area contributed by atoms with Gasteiger partial charge in [-0.15, -0.1) is 0 Å². The van der Waals surface area contributed by atoms with Crippen molar-refractivity contribution < 1.29 is 4.74 Å². The summed E-state index contributed by atoms with van der Waals surface area (Å²) in [4.78, 5) is 6.25. The summed E-state index contributed by atoms with van der Waals surface area (Å²) in [5.41, 5.74) is 6.85. The first-order chi connectivity index (χ1) is 7.74. The number of ether oxygens (including phenoxy) is 1. The van der Waals surface area contributed by atoms with Gasteiger partial charge in [0.1, 0.15) is 5.82 Å². The second-order valence-electron chi connectivity index (χ2n) is 4.42. The Balaban J connectivity index is 1.84. The van der Waals surface area contributed by atoms with Gasteiger partial charge in [-0.3, -0.25) is 4.90 Å². The van der Waals surface area contributed by atoms with Gasteiger partial charge in [0.25, 0.3) is 0 Å². The fourth-order valence-electron chi connectivity index (χ4n) is 2.10. The minimum Gasteiger partial charge on any atom is -0.384 e. The summed E-state index contributed by atoms with van der Waals surface area (Å²) in [6.45, 7) is 2.80. The van der Waals surface area contributed by atoms with Crippen molar-refractivity contribution in [3.05, 3.63) is 23.9 Å². The van der Waals surface area contributed by atoms with Gasteiger partial charge in [-0.2, -0.15) is 0 Å². The van der Waals surface area contributed by atoms with Gasteiger partial charge in [-0.1, -0.05) is 0 Å². The molecule has 0 bridgehead atoms. The molecule has 1 aromatic heterocycles. The average molecular weight is 221 g/mol. The summed E-state index contributed by atoms with van der Waals surface area (Å²) >= 11 is 0. The molecule has 16 heavy (non-hydrogen) atoms. The molecule has 4 heteroatoms. The van der Waals surface area contributed by atoms with Gasteiger partial charge in [0, 0.05) is 25.9 Å². The Morgan fingerprint density at radius 3 is 3.19 bits per heavy atom. The molecular formula is C12H19N3O. The lowest BCUT2D eigenvalue weighted by Crippen LogP contribution is -2.28. The number of anilines is 1. The van der Waals surface area contributed by atoms with Crippen LogP contribution in [0.1, 0.15) is 18.4 Å². The molecule has 0 aliphatic carbocycles. The second kappa shape index (κ2) is 5.27. The van der Waals surface area contributed by atoms with Crippen molar-refractivity contribution in [1.82, 2.24) is 9.88 Å². The van der Waals surface area contributed by atoms with Crippen molar-refractivity contribution in [2.45, 2.75) is 25.5 Å². The normalized spacial score (nSPS) is 20.5. The van der Waals surface area contributed by atoms with E-state index >= 15 is 0 Å². The van der Waals surface area contributed by atoms with Crippen LogP contribution in [0.2, 0.25) is 0 Å². The molecule has 0 amide bonds. The number of hydrogen-bond acceptors (Lipinski definition) is 4. The molecule has 2 rings (SSSR count). The summed E-state index contributed by atoms with van der Waals surface area (Å²) in [6, 6.07) is 3.92. The van der Waals surface area contributed by atoms with Crippen molar-refractivity contribution in [3.63, 3.8) is 0 Å². The third-order valence-corrected chi connectivity index (χ3v) is 2.84. The number of aromatic nitrogens is 1. The van der Waals surface area contributed by atoms with Crippen LogP contribution in [0.5, 0.6) is 0 Å². The maximum absolute atomic E-state index is 5.64. The van der Waals surface area contributed by atoms with E-state index in [-0.39, 0.29) is 0 Å². The molecule has 1 atom stereocenters. The van der Waals surface area contributed by atoms with Crippen LogP contribution in [0.4, 0.5) is 5.82 Å². The van der Waals surface area contributed by atoms with Gasteiger partial charge in [0.2, 0.25) is 0 Å². The largest absolute Gasteiger partial charge is 0.384 e. The van der Waals surface area contributed by atoms with Crippen LogP contribution in [0, 0.1) is 0 Å². The number of nitrogens with zero attached hydrogens (tertiary/aromatic N) is 2. The van der Waals surface area contributed by atoms with Crippen LogP contribution in [-0.4, -0.2) is 36.2 Å². The first-order valence-electron chi connectivity index (χ1n) is 5.74. The molecule has 1 aliphatic heterocycles.